The number of allylic oxidation sites excluding steroid dienone is 1. The molecule has 2 aromatic rings. The predicted octanol–water partition coefficient (Wildman–Crippen LogP) is 1.81. The van der Waals surface area contributed by atoms with Gasteiger partial charge in [-0.1, -0.05) is 17.8 Å². The van der Waals surface area contributed by atoms with Gasteiger partial charge in [0.1, 0.15) is 0 Å². The summed E-state index contributed by atoms with van der Waals surface area (Å²) in [5.41, 5.74) is 1.91. The largest absolute Gasteiger partial charge is 0.378 e. The molecule has 138 valence electrons. The summed E-state index contributed by atoms with van der Waals surface area (Å²) in [5, 5.41) is 14.7. The van der Waals surface area contributed by atoms with Crippen LogP contribution in [0.4, 0.5) is 11.4 Å². The van der Waals surface area contributed by atoms with Crippen molar-refractivity contribution in [1.29, 1.82) is 0 Å². The number of morpholine rings is 1. The fourth-order valence-electron chi connectivity index (χ4n) is 2.55. The lowest BCUT2D eigenvalue weighted by molar-refractivity contribution is -0.115. The summed E-state index contributed by atoms with van der Waals surface area (Å²) >= 11 is 1.31. The molecular formula is C17H22N6O2S. The lowest BCUT2D eigenvalue weighted by atomic mass is 10.2. The van der Waals surface area contributed by atoms with E-state index < -0.39 is 0 Å². The Morgan fingerprint density at radius 3 is 2.81 bits per heavy atom. The summed E-state index contributed by atoms with van der Waals surface area (Å²) in [5.74, 6) is -0.0951. The van der Waals surface area contributed by atoms with Crippen molar-refractivity contribution in [2.24, 2.45) is 0 Å². The number of anilines is 2. The van der Waals surface area contributed by atoms with Gasteiger partial charge in [0.2, 0.25) is 11.1 Å². The Bertz CT molecular complexity index is 742. The predicted molar refractivity (Wildman–Crippen MR) is 101 cm³/mol. The van der Waals surface area contributed by atoms with Gasteiger partial charge in [0.05, 0.1) is 25.0 Å². The van der Waals surface area contributed by atoms with E-state index in [1.165, 1.54) is 11.8 Å². The van der Waals surface area contributed by atoms with Crippen LogP contribution in [0.25, 0.3) is 0 Å². The Labute approximate surface area is 156 Å². The number of benzene rings is 1. The Morgan fingerprint density at radius 1 is 1.38 bits per heavy atom. The Balaban J connectivity index is 1.56. The van der Waals surface area contributed by atoms with Crippen molar-refractivity contribution >= 4 is 29.0 Å². The lowest BCUT2D eigenvalue weighted by Crippen LogP contribution is -2.36. The Morgan fingerprint density at radius 2 is 2.12 bits per heavy atom. The first kappa shape index (κ1) is 18.4. The van der Waals surface area contributed by atoms with Gasteiger partial charge in [-0.3, -0.25) is 4.79 Å². The van der Waals surface area contributed by atoms with Gasteiger partial charge in [-0.15, -0.1) is 11.7 Å². The van der Waals surface area contributed by atoms with E-state index in [1.54, 1.807) is 10.8 Å². The van der Waals surface area contributed by atoms with Crippen LogP contribution in [0.5, 0.6) is 0 Å². The molecule has 0 aliphatic carbocycles. The number of carbonyl (C=O) groups is 1. The number of rotatable bonds is 7. The Hall–Kier alpha value is -2.39. The number of thioether (sulfide) groups is 1. The number of tetrazole rings is 1. The number of nitrogens with zero attached hydrogens (tertiary/aromatic N) is 5. The number of amides is 1. The molecule has 1 aliphatic heterocycles. The second-order valence-corrected chi connectivity index (χ2v) is 7.14. The van der Waals surface area contributed by atoms with Gasteiger partial charge in [0, 0.05) is 24.5 Å². The lowest BCUT2D eigenvalue weighted by Gasteiger charge is -2.28. The van der Waals surface area contributed by atoms with Crippen molar-refractivity contribution in [3.8, 4) is 0 Å². The molecule has 1 fully saturated rings. The molecule has 1 saturated heterocycles. The van der Waals surface area contributed by atoms with Crippen LogP contribution >= 0.6 is 11.8 Å². The van der Waals surface area contributed by atoms with E-state index in [2.05, 4.69) is 32.3 Å². The Kier molecular flexibility index (Phi) is 6.24. The highest BCUT2D eigenvalue weighted by atomic mass is 32.2. The van der Waals surface area contributed by atoms with Crippen LogP contribution in [0, 0.1) is 0 Å². The average molecular weight is 374 g/mol. The van der Waals surface area contributed by atoms with Crippen LogP contribution in [0.15, 0.2) is 42.1 Å². The molecule has 0 spiro atoms. The van der Waals surface area contributed by atoms with Crippen molar-refractivity contribution in [1.82, 2.24) is 20.2 Å². The number of nitrogens with one attached hydrogen (secondary N) is 1. The number of aromatic nitrogens is 4. The summed E-state index contributed by atoms with van der Waals surface area (Å²) in [6.07, 6.45) is 1.71. The van der Waals surface area contributed by atoms with Crippen molar-refractivity contribution < 1.29 is 9.53 Å². The number of hydrogen-bond donors (Lipinski definition) is 1. The highest BCUT2D eigenvalue weighted by Crippen LogP contribution is 2.23. The molecule has 0 radical (unpaired) electrons. The third kappa shape index (κ3) is 4.61. The topological polar surface area (TPSA) is 85.2 Å². The zero-order valence-corrected chi connectivity index (χ0v) is 15.5. The van der Waals surface area contributed by atoms with Crippen LogP contribution in [0.1, 0.15) is 6.92 Å². The van der Waals surface area contributed by atoms with Gasteiger partial charge in [0.25, 0.3) is 0 Å². The normalized spacial score (nSPS) is 15.5. The summed E-state index contributed by atoms with van der Waals surface area (Å²) in [6.45, 7) is 9.28. The molecule has 1 N–H and O–H groups in total. The molecule has 0 bridgehead atoms. The van der Waals surface area contributed by atoms with Crippen LogP contribution in [-0.4, -0.2) is 57.7 Å². The first-order valence-electron chi connectivity index (χ1n) is 8.44. The highest BCUT2D eigenvalue weighted by molar-refractivity contribution is 8.00. The van der Waals surface area contributed by atoms with Crippen LogP contribution in [-0.2, 0) is 16.1 Å². The second-order valence-electron chi connectivity index (χ2n) is 5.83. The minimum absolute atomic E-state index is 0.0951. The fraction of sp³-hybridized carbons (Fsp3) is 0.412. The average Bonchev–Trinajstić information content (AvgIpc) is 3.10. The number of hydrogen-bond acceptors (Lipinski definition) is 7. The van der Waals surface area contributed by atoms with Gasteiger partial charge < -0.3 is 15.0 Å². The minimum atomic E-state index is -0.330. The van der Waals surface area contributed by atoms with E-state index in [4.69, 9.17) is 4.74 Å². The second kappa shape index (κ2) is 8.81. The molecule has 9 heteroatoms. The standard InChI is InChI=1S/C17H22N6O2S/c1-3-8-23-17(19-20-21-23)26-13(2)16(24)18-14-4-6-15(7-5-14)22-9-11-25-12-10-22/h3-7,13H,1,8-12H2,2H3,(H,18,24). The molecule has 1 atom stereocenters. The molecule has 3 rings (SSSR count). The smallest absolute Gasteiger partial charge is 0.237 e. The molecular weight excluding hydrogens is 352 g/mol. The van der Waals surface area contributed by atoms with Gasteiger partial charge in [-0.25, -0.2) is 4.68 Å². The van der Waals surface area contributed by atoms with Crippen LogP contribution in [0.3, 0.4) is 0 Å². The van der Waals surface area contributed by atoms with E-state index in [9.17, 15) is 4.79 Å². The molecule has 1 aromatic heterocycles. The van der Waals surface area contributed by atoms with Crippen molar-refractivity contribution in [3.05, 3.63) is 36.9 Å². The monoisotopic (exact) mass is 374 g/mol. The van der Waals surface area contributed by atoms with Crippen molar-refractivity contribution in [2.45, 2.75) is 23.9 Å². The van der Waals surface area contributed by atoms with Crippen LogP contribution < -0.4 is 10.2 Å². The molecule has 8 nitrogen and oxygen atoms in total. The highest BCUT2D eigenvalue weighted by Gasteiger charge is 2.18. The number of carbonyl (C=O) groups excluding carboxylic acids is 1. The molecule has 2 heterocycles. The van der Waals surface area contributed by atoms with E-state index in [-0.39, 0.29) is 11.2 Å². The van der Waals surface area contributed by atoms with E-state index >= 15 is 0 Å². The van der Waals surface area contributed by atoms with Gasteiger partial charge >= 0.3 is 0 Å². The summed E-state index contributed by atoms with van der Waals surface area (Å²) in [6, 6.07) is 7.87. The summed E-state index contributed by atoms with van der Waals surface area (Å²) in [7, 11) is 0. The van der Waals surface area contributed by atoms with Gasteiger partial charge in [-0.05, 0) is 41.6 Å². The molecule has 0 saturated carbocycles. The third-order valence-electron chi connectivity index (χ3n) is 3.96. The van der Waals surface area contributed by atoms with Crippen molar-refractivity contribution in [2.75, 3.05) is 36.5 Å². The third-order valence-corrected chi connectivity index (χ3v) is 5.03. The molecule has 26 heavy (non-hydrogen) atoms. The quantitative estimate of drug-likeness (QED) is 0.584. The minimum Gasteiger partial charge on any atom is -0.378 e. The first-order chi connectivity index (χ1) is 12.7. The fourth-order valence-corrected chi connectivity index (χ4v) is 3.35. The maximum Gasteiger partial charge on any atom is 0.237 e. The zero-order valence-electron chi connectivity index (χ0n) is 14.7. The van der Waals surface area contributed by atoms with Gasteiger partial charge in [-0.2, -0.15) is 0 Å². The van der Waals surface area contributed by atoms with Gasteiger partial charge in [0.15, 0.2) is 0 Å². The van der Waals surface area contributed by atoms with E-state index in [1.807, 2.05) is 31.2 Å². The zero-order chi connectivity index (χ0) is 18.4. The molecule has 1 amide bonds. The molecule has 1 aliphatic rings. The number of ether oxygens (including phenoxy) is 1. The maximum atomic E-state index is 12.4. The van der Waals surface area contributed by atoms with E-state index in [0.29, 0.717) is 11.7 Å². The maximum absolute atomic E-state index is 12.4. The molecule has 1 unspecified atom stereocenters. The van der Waals surface area contributed by atoms with Crippen LogP contribution in [0.2, 0.25) is 0 Å². The summed E-state index contributed by atoms with van der Waals surface area (Å²) in [4.78, 5) is 14.7. The SMILES string of the molecule is C=CCn1nnnc1SC(C)C(=O)Nc1ccc(N2CCOCC2)cc1. The van der Waals surface area contributed by atoms with Crippen molar-refractivity contribution in [3.63, 3.8) is 0 Å². The molecule has 1 aromatic carbocycles. The summed E-state index contributed by atoms with van der Waals surface area (Å²) < 4.78 is 6.98. The first-order valence-corrected chi connectivity index (χ1v) is 9.32. The van der Waals surface area contributed by atoms with E-state index in [0.717, 1.165) is 37.7 Å².